The maximum Gasteiger partial charge on any atom is 0.0331 e. The van der Waals surface area contributed by atoms with Gasteiger partial charge in [-0.05, 0) is 42.0 Å². The second-order valence-electron chi connectivity index (χ2n) is 4.68. The van der Waals surface area contributed by atoms with E-state index in [4.69, 9.17) is 0 Å². The molecule has 0 N–H and O–H groups in total. The molecular weight excluding hydrogens is 234 g/mol. The maximum absolute atomic E-state index is 4.44. The lowest BCUT2D eigenvalue weighted by atomic mass is 9.99. The van der Waals surface area contributed by atoms with Gasteiger partial charge in [0.1, 0.15) is 0 Å². The molecule has 0 aromatic carbocycles. The summed E-state index contributed by atoms with van der Waals surface area (Å²) in [6.45, 7) is 7.04. The van der Waals surface area contributed by atoms with Crippen LogP contribution in [0.15, 0.2) is 11.4 Å². The molecule has 16 heavy (non-hydrogen) atoms. The molecule has 0 amide bonds. The summed E-state index contributed by atoms with van der Waals surface area (Å²) >= 11 is 6.36. The minimum Gasteiger partial charge on any atom is -0.296 e. The molecule has 1 aliphatic heterocycles. The first-order valence-corrected chi connectivity index (χ1v) is 7.68. The van der Waals surface area contributed by atoms with Crippen LogP contribution in [0.4, 0.5) is 0 Å². The molecule has 0 bridgehead atoms. The molecule has 2 atom stereocenters. The largest absolute Gasteiger partial charge is 0.296 e. The van der Waals surface area contributed by atoms with Gasteiger partial charge in [-0.3, -0.25) is 4.90 Å². The zero-order chi connectivity index (χ0) is 11.5. The maximum atomic E-state index is 4.44. The van der Waals surface area contributed by atoms with E-state index < -0.39 is 0 Å². The molecule has 0 fully saturated rings. The second kappa shape index (κ2) is 5.56. The van der Waals surface area contributed by atoms with Crippen LogP contribution < -0.4 is 0 Å². The van der Waals surface area contributed by atoms with E-state index >= 15 is 0 Å². The minimum atomic E-state index is 0.601. The van der Waals surface area contributed by atoms with Crippen LogP contribution in [-0.2, 0) is 6.42 Å². The number of nitrogens with zero attached hydrogens (tertiary/aromatic N) is 1. The molecule has 0 aliphatic carbocycles. The van der Waals surface area contributed by atoms with Crippen LogP contribution in [0.1, 0.15) is 36.8 Å². The van der Waals surface area contributed by atoms with Gasteiger partial charge in [0.25, 0.3) is 0 Å². The van der Waals surface area contributed by atoms with Gasteiger partial charge in [0, 0.05) is 24.0 Å². The van der Waals surface area contributed by atoms with E-state index in [1.54, 1.807) is 10.4 Å². The normalized spacial score (nSPS) is 23.1. The van der Waals surface area contributed by atoms with Gasteiger partial charge in [0.2, 0.25) is 0 Å². The Morgan fingerprint density at radius 1 is 1.62 bits per heavy atom. The lowest BCUT2D eigenvalue weighted by Gasteiger charge is -2.35. The molecule has 1 aromatic heterocycles. The molecule has 1 aliphatic rings. The summed E-state index contributed by atoms with van der Waals surface area (Å²) < 4.78 is 0. The molecule has 2 unspecified atom stereocenters. The molecule has 0 radical (unpaired) electrons. The molecule has 0 spiro atoms. The lowest BCUT2D eigenvalue weighted by molar-refractivity contribution is 0.173. The highest BCUT2D eigenvalue weighted by Gasteiger charge is 2.25. The Morgan fingerprint density at radius 3 is 3.12 bits per heavy atom. The zero-order valence-corrected chi connectivity index (χ0v) is 11.9. The van der Waals surface area contributed by atoms with Crippen molar-refractivity contribution in [1.29, 1.82) is 0 Å². The Balaban J connectivity index is 2.04. The first-order chi connectivity index (χ1) is 7.76. The van der Waals surface area contributed by atoms with Crippen molar-refractivity contribution >= 4 is 24.0 Å². The predicted molar refractivity (Wildman–Crippen MR) is 75.6 cm³/mol. The number of thiol groups is 1. The fraction of sp³-hybridized carbons (Fsp3) is 0.692. The lowest BCUT2D eigenvalue weighted by Crippen LogP contribution is -2.37. The van der Waals surface area contributed by atoms with Crippen LogP contribution in [-0.4, -0.2) is 23.7 Å². The Morgan fingerprint density at radius 2 is 2.44 bits per heavy atom. The third-order valence-electron chi connectivity index (χ3n) is 3.73. The van der Waals surface area contributed by atoms with E-state index in [1.165, 1.54) is 25.9 Å². The van der Waals surface area contributed by atoms with Gasteiger partial charge >= 0.3 is 0 Å². The van der Waals surface area contributed by atoms with Gasteiger partial charge < -0.3 is 0 Å². The monoisotopic (exact) mass is 255 g/mol. The molecule has 3 heteroatoms. The summed E-state index contributed by atoms with van der Waals surface area (Å²) in [5.41, 5.74) is 1.56. The van der Waals surface area contributed by atoms with E-state index in [0.29, 0.717) is 6.04 Å². The highest BCUT2D eigenvalue weighted by Crippen LogP contribution is 2.33. The van der Waals surface area contributed by atoms with Crippen LogP contribution in [0.2, 0.25) is 0 Å². The second-order valence-corrected chi connectivity index (χ2v) is 6.04. The molecule has 90 valence electrons. The van der Waals surface area contributed by atoms with Gasteiger partial charge in [-0.25, -0.2) is 0 Å². The summed E-state index contributed by atoms with van der Waals surface area (Å²) in [6, 6.07) is 2.90. The summed E-state index contributed by atoms with van der Waals surface area (Å²) in [7, 11) is 0. The van der Waals surface area contributed by atoms with Gasteiger partial charge in [-0.15, -0.1) is 11.3 Å². The Kier molecular flexibility index (Phi) is 4.34. The molecule has 0 saturated heterocycles. The first kappa shape index (κ1) is 12.5. The first-order valence-electron chi connectivity index (χ1n) is 6.17. The average Bonchev–Trinajstić information content (AvgIpc) is 2.77. The quantitative estimate of drug-likeness (QED) is 0.804. The minimum absolute atomic E-state index is 0.601. The number of thiophene rings is 1. The van der Waals surface area contributed by atoms with E-state index in [-0.39, 0.29) is 0 Å². The highest BCUT2D eigenvalue weighted by molar-refractivity contribution is 7.80. The van der Waals surface area contributed by atoms with E-state index in [0.717, 1.165) is 11.7 Å². The van der Waals surface area contributed by atoms with E-state index in [9.17, 15) is 0 Å². The standard InChI is InChI=1S/C13H21NS2/c1-3-11(9-15)8-14-6-4-13-12(10(14)2)5-7-16-13/h5,7,10-11,15H,3-4,6,8-9H2,1-2H3. The van der Waals surface area contributed by atoms with Crippen molar-refractivity contribution in [2.45, 2.75) is 32.7 Å². The van der Waals surface area contributed by atoms with Gasteiger partial charge in [0.05, 0.1) is 0 Å². The smallest absolute Gasteiger partial charge is 0.0331 e. The van der Waals surface area contributed by atoms with Crippen molar-refractivity contribution in [3.63, 3.8) is 0 Å². The third-order valence-corrected chi connectivity index (χ3v) is 5.24. The van der Waals surface area contributed by atoms with Gasteiger partial charge in [0.15, 0.2) is 0 Å². The molecular formula is C13H21NS2. The Hall–Kier alpha value is 0.0100. The SMILES string of the molecule is CCC(CS)CN1CCc2sccc2C1C. The number of rotatable bonds is 4. The highest BCUT2D eigenvalue weighted by atomic mass is 32.1. The Labute approximate surface area is 108 Å². The fourth-order valence-electron chi connectivity index (χ4n) is 2.46. The van der Waals surface area contributed by atoms with Crippen LogP contribution in [0.5, 0.6) is 0 Å². The van der Waals surface area contributed by atoms with Crippen molar-refractivity contribution in [2.24, 2.45) is 5.92 Å². The van der Waals surface area contributed by atoms with E-state index in [2.05, 4.69) is 42.8 Å². The van der Waals surface area contributed by atoms with Crippen molar-refractivity contribution in [3.8, 4) is 0 Å². The van der Waals surface area contributed by atoms with Gasteiger partial charge in [-0.1, -0.05) is 13.3 Å². The topological polar surface area (TPSA) is 3.24 Å². The van der Waals surface area contributed by atoms with Crippen molar-refractivity contribution in [1.82, 2.24) is 4.90 Å². The van der Waals surface area contributed by atoms with Crippen LogP contribution in [0.3, 0.4) is 0 Å². The van der Waals surface area contributed by atoms with Crippen molar-refractivity contribution in [3.05, 3.63) is 21.9 Å². The van der Waals surface area contributed by atoms with Crippen molar-refractivity contribution < 1.29 is 0 Å². The number of fused-ring (bicyclic) bond motifs is 1. The summed E-state index contributed by atoms with van der Waals surface area (Å²) in [6.07, 6.45) is 2.48. The van der Waals surface area contributed by atoms with Crippen molar-refractivity contribution in [2.75, 3.05) is 18.8 Å². The third kappa shape index (κ3) is 2.47. The molecule has 1 nitrogen and oxygen atoms in total. The summed E-state index contributed by atoms with van der Waals surface area (Å²) in [4.78, 5) is 4.22. The predicted octanol–water partition coefficient (Wildman–Crippen LogP) is 3.62. The Bertz CT molecular complexity index is 330. The molecule has 2 heterocycles. The molecule has 2 rings (SSSR count). The van der Waals surface area contributed by atoms with Gasteiger partial charge in [-0.2, -0.15) is 12.6 Å². The fourth-order valence-corrected chi connectivity index (χ4v) is 3.79. The van der Waals surface area contributed by atoms with Crippen LogP contribution in [0, 0.1) is 5.92 Å². The molecule has 0 saturated carbocycles. The summed E-state index contributed by atoms with van der Waals surface area (Å²) in [5, 5.41) is 2.24. The number of hydrogen-bond acceptors (Lipinski definition) is 3. The summed E-state index contributed by atoms with van der Waals surface area (Å²) in [5.74, 6) is 1.75. The number of hydrogen-bond donors (Lipinski definition) is 1. The van der Waals surface area contributed by atoms with E-state index in [1.807, 2.05) is 11.3 Å². The average molecular weight is 255 g/mol. The molecule has 1 aromatic rings. The van der Waals surface area contributed by atoms with Crippen LogP contribution in [0.25, 0.3) is 0 Å². The van der Waals surface area contributed by atoms with Crippen LogP contribution >= 0.6 is 24.0 Å². The zero-order valence-electron chi connectivity index (χ0n) is 10.1.